The van der Waals surface area contributed by atoms with E-state index in [1.54, 1.807) is 37.4 Å². The molecule has 1 aliphatic heterocycles. The number of esters is 1. The Balaban J connectivity index is 1.86. The summed E-state index contributed by atoms with van der Waals surface area (Å²) in [6, 6.07) is 12.4. The van der Waals surface area contributed by atoms with Crippen molar-refractivity contribution < 1.29 is 22.7 Å². The Morgan fingerprint density at radius 3 is 2.45 bits per heavy atom. The topological polar surface area (TPSA) is 140 Å². The van der Waals surface area contributed by atoms with E-state index in [0.29, 0.717) is 17.4 Å². The van der Waals surface area contributed by atoms with E-state index in [1.807, 2.05) is 18.2 Å². The molecule has 1 aliphatic rings. The Morgan fingerprint density at radius 2 is 1.90 bits per heavy atom. The van der Waals surface area contributed by atoms with E-state index in [9.17, 15) is 18.0 Å². The molecule has 1 aromatic heterocycles. The second-order valence-electron chi connectivity index (χ2n) is 6.36. The zero-order valence-corrected chi connectivity index (χ0v) is 18.3. The first kappa shape index (κ1) is 22.5. The number of nitrogens with one attached hydrogen (secondary N) is 2. The molecule has 162 valence electrons. The number of carbonyl (C=O) groups excluding carboxylic acids is 2. The fourth-order valence-corrected chi connectivity index (χ4v) is 4.81. The van der Waals surface area contributed by atoms with Gasteiger partial charge >= 0.3 is 5.97 Å². The molecule has 0 saturated carbocycles. The Kier molecular flexibility index (Phi) is 6.78. The maximum absolute atomic E-state index is 12.9. The summed E-state index contributed by atoms with van der Waals surface area (Å²) in [5.41, 5.74) is 1.94. The van der Waals surface area contributed by atoms with Crippen molar-refractivity contribution in [3.05, 3.63) is 69.2 Å². The van der Waals surface area contributed by atoms with Gasteiger partial charge in [0.25, 0.3) is 5.91 Å². The smallest absolute Gasteiger partial charge is 0.346 e. The Hall–Kier alpha value is -3.15. The molecule has 0 spiro atoms. The van der Waals surface area contributed by atoms with Gasteiger partial charge in [0.1, 0.15) is 4.24 Å². The van der Waals surface area contributed by atoms with E-state index < -0.39 is 21.9 Å². The fraction of sp³-hybridized carbons (Fsp3) is 0.150. The number of ether oxygens (including phenoxy) is 1. The lowest BCUT2D eigenvalue weighted by Crippen LogP contribution is -2.26. The van der Waals surface area contributed by atoms with Crippen molar-refractivity contribution in [2.75, 3.05) is 11.9 Å². The number of primary sulfonamides is 1. The van der Waals surface area contributed by atoms with Gasteiger partial charge in [0.2, 0.25) is 10.0 Å². The van der Waals surface area contributed by atoms with E-state index >= 15 is 0 Å². The standard InChI is InChI=1S/C20H20N4O5S2/c1-3-29-19(26)16(18-23-12(2)20(30-18)31(21,27)28)17(25)24-14-9-7-13(8-10-14)15-6-4-5-11-22-15/h4-11,23H,3H2,1-2H3,(H,24,25)(H2,21,27,28)/b18-16+. The zero-order chi connectivity index (χ0) is 22.6. The number of benzene rings is 1. The van der Waals surface area contributed by atoms with Crippen LogP contribution in [-0.4, -0.2) is 31.9 Å². The third-order valence-corrected chi connectivity index (χ3v) is 6.87. The third kappa shape index (κ3) is 5.32. The van der Waals surface area contributed by atoms with Crippen molar-refractivity contribution >= 4 is 39.3 Å². The molecule has 0 radical (unpaired) electrons. The number of rotatable bonds is 6. The summed E-state index contributed by atoms with van der Waals surface area (Å²) in [4.78, 5) is 29.6. The van der Waals surface area contributed by atoms with Gasteiger partial charge in [-0.25, -0.2) is 18.4 Å². The van der Waals surface area contributed by atoms with Gasteiger partial charge in [0, 0.05) is 23.1 Å². The lowest BCUT2D eigenvalue weighted by Gasteiger charge is -2.12. The summed E-state index contributed by atoms with van der Waals surface area (Å²) in [6.45, 7) is 3.13. The second kappa shape index (κ2) is 9.33. The predicted molar refractivity (Wildman–Crippen MR) is 118 cm³/mol. The summed E-state index contributed by atoms with van der Waals surface area (Å²) in [7, 11) is -4.02. The van der Waals surface area contributed by atoms with Crippen LogP contribution in [0.1, 0.15) is 13.8 Å². The van der Waals surface area contributed by atoms with Gasteiger partial charge in [-0.2, -0.15) is 0 Å². The van der Waals surface area contributed by atoms with E-state index in [1.165, 1.54) is 6.92 Å². The Labute approximate surface area is 183 Å². The quantitative estimate of drug-likeness (QED) is 0.258. The molecule has 0 unspecified atom stereocenters. The average Bonchev–Trinajstić information content (AvgIpc) is 3.11. The van der Waals surface area contributed by atoms with E-state index in [0.717, 1.165) is 11.3 Å². The monoisotopic (exact) mass is 460 g/mol. The summed E-state index contributed by atoms with van der Waals surface area (Å²) in [6.07, 6.45) is 1.68. The number of thioether (sulfide) groups is 1. The SMILES string of the molecule is CCOC(=O)/C(C(=O)Nc1ccc(-c2ccccn2)cc1)=C1\NC(C)=C(S(N)(=O)=O)S1. The van der Waals surface area contributed by atoms with Gasteiger partial charge in [-0.05, 0) is 38.1 Å². The number of pyridine rings is 1. The summed E-state index contributed by atoms with van der Waals surface area (Å²) >= 11 is 0.692. The van der Waals surface area contributed by atoms with Crippen LogP contribution < -0.4 is 15.8 Å². The number of carbonyl (C=O) groups is 2. The maximum atomic E-state index is 12.9. The molecule has 11 heteroatoms. The van der Waals surface area contributed by atoms with E-state index in [2.05, 4.69) is 15.6 Å². The first-order valence-electron chi connectivity index (χ1n) is 9.13. The van der Waals surface area contributed by atoms with Crippen LogP contribution in [0.15, 0.2) is 69.2 Å². The van der Waals surface area contributed by atoms with Gasteiger partial charge < -0.3 is 15.4 Å². The number of hydrogen-bond acceptors (Lipinski definition) is 8. The summed E-state index contributed by atoms with van der Waals surface area (Å²) in [5, 5.41) is 10.6. The highest BCUT2D eigenvalue weighted by atomic mass is 32.3. The van der Waals surface area contributed by atoms with Crippen molar-refractivity contribution in [2.45, 2.75) is 13.8 Å². The van der Waals surface area contributed by atoms with E-state index in [-0.39, 0.29) is 27.1 Å². The summed E-state index contributed by atoms with van der Waals surface area (Å²) in [5.74, 6) is -1.63. The molecular weight excluding hydrogens is 440 g/mol. The number of amides is 1. The second-order valence-corrected chi connectivity index (χ2v) is 9.13. The summed E-state index contributed by atoms with van der Waals surface area (Å²) < 4.78 is 28.3. The number of anilines is 1. The molecule has 4 N–H and O–H groups in total. The number of aromatic nitrogens is 1. The zero-order valence-electron chi connectivity index (χ0n) is 16.7. The van der Waals surface area contributed by atoms with Crippen molar-refractivity contribution in [2.24, 2.45) is 5.14 Å². The van der Waals surface area contributed by atoms with Crippen LogP contribution in [-0.2, 0) is 24.3 Å². The number of nitrogens with zero attached hydrogens (tertiary/aromatic N) is 1. The third-order valence-electron chi connectivity index (χ3n) is 4.10. The van der Waals surface area contributed by atoms with Crippen LogP contribution in [0, 0.1) is 0 Å². The van der Waals surface area contributed by atoms with Gasteiger partial charge in [0.05, 0.1) is 17.3 Å². The molecule has 0 atom stereocenters. The molecule has 0 bridgehead atoms. The number of allylic oxidation sites excluding steroid dienone is 1. The Morgan fingerprint density at radius 1 is 1.19 bits per heavy atom. The van der Waals surface area contributed by atoms with Crippen molar-refractivity contribution in [1.29, 1.82) is 0 Å². The highest BCUT2D eigenvalue weighted by molar-refractivity contribution is 8.20. The minimum absolute atomic E-state index is 0.0302. The highest BCUT2D eigenvalue weighted by Crippen LogP contribution is 2.37. The van der Waals surface area contributed by atoms with Crippen LogP contribution in [0.3, 0.4) is 0 Å². The predicted octanol–water partition coefficient (Wildman–Crippen LogP) is 2.28. The first-order chi connectivity index (χ1) is 14.7. The molecule has 0 aliphatic carbocycles. The minimum atomic E-state index is -4.02. The molecule has 0 saturated heterocycles. The van der Waals surface area contributed by atoms with Gasteiger partial charge in [-0.15, -0.1) is 0 Å². The van der Waals surface area contributed by atoms with Gasteiger partial charge in [-0.1, -0.05) is 30.0 Å². The molecular formula is C20H20N4O5S2. The van der Waals surface area contributed by atoms with Gasteiger partial charge in [0.15, 0.2) is 5.57 Å². The van der Waals surface area contributed by atoms with Crippen molar-refractivity contribution in [3.63, 3.8) is 0 Å². The molecule has 3 rings (SSSR count). The number of nitrogens with two attached hydrogens (primary N) is 1. The molecule has 2 heterocycles. The fourth-order valence-electron chi connectivity index (χ4n) is 2.74. The molecule has 0 fully saturated rings. The minimum Gasteiger partial charge on any atom is -0.462 e. The van der Waals surface area contributed by atoms with Crippen molar-refractivity contribution in [3.8, 4) is 11.3 Å². The van der Waals surface area contributed by atoms with Crippen LogP contribution in [0.4, 0.5) is 5.69 Å². The van der Waals surface area contributed by atoms with Crippen LogP contribution in [0.25, 0.3) is 11.3 Å². The van der Waals surface area contributed by atoms with E-state index in [4.69, 9.17) is 9.88 Å². The average molecular weight is 461 g/mol. The normalized spacial score (nSPS) is 15.3. The van der Waals surface area contributed by atoms with Crippen LogP contribution >= 0.6 is 11.8 Å². The van der Waals surface area contributed by atoms with Crippen molar-refractivity contribution in [1.82, 2.24) is 10.3 Å². The lowest BCUT2D eigenvalue weighted by atomic mass is 10.1. The molecule has 31 heavy (non-hydrogen) atoms. The first-order valence-corrected chi connectivity index (χ1v) is 11.5. The molecule has 1 aromatic carbocycles. The van der Waals surface area contributed by atoms with Crippen LogP contribution in [0.5, 0.6) is 0 Å². The maximum Gasteiger partial charge on any atom is 0.346 e. The molecule has 9 nitrogen and oxygen atoms in total. The highest BCUT2D eigenvalue weighted by Gasteiger charge is 2.33. The molecule has 1 amide bonds. The van der Waals surface area contributed by atoms with Gasteiger partial charge in [-0.3, -0.25) is 9.78 Å². The lowest BCUT2D eigenvalue weighted by molar-refractivity contribution is -0.139. The van der Waals surface area contributed by atoms with Crippen LogP contribution in [0.2, 0.25) is 0 Å². The Bertz CT molecular complexity index is 1170. The largest absolute Gasteiger partial charge is 0.462 e. The number of hydrogen-bond donors (Lipinski definition) is 3. The number of sulfonamides is 1. The molecule has 2 aromatic rings.